The highest BCUT2D eigenvalue weighted by atomic mass is 32.2. The fraction of sp³-hybridized carbons (Fsp3) is 0.684. The van der Waals surface area contributed by atoms with Crippen LogP contribution in [0, 0.1) is 18.2 Å². The van der Waals surface area contributed by atoms with Crippen molar-refractivity contribution in [3.05, 3.63) is 23.5 Å². The van der Waals surface area contributed by atoms with Crippen molar-refractivity contribution in [2.75, 3.05) is 17.8 Å². The van der Waals surface area contributed by atoms with Gasteiger partial charge in [-0.05, 0) is 70.9 Å². The number of hydrogen-bond donors (Lipinski definition) is 1. The van der Waals surface area contributed by atoms with Gasteiger partial charge in [0.25, 0.3) is 0 Å². The van der Waals surface area contributed by atoms with E-state index in [2.05, 4.69) is 4.72 Å². The molecular formula is C19H28BFN2O4S. The number of benzene rings is 1. The maximum Gasteiger partial charge on any atom is 0.497 e. The first-order valence-corrected chi connectivity index (χ1v) is 11.2. The summed E-state index contributed by atoms with van der Waals surface area (Å²) in [6.45, 7) is 10.4. The van der Waals surface area contributed by atoms with E-state index in [1.165, 1.54) is 10.4 Å². The number of hydrogen-bond acceptors (Lipinski definition) is 4. The van der Waals surface area contributed by atoms with Crippen LogP contribution in [0.5, 0.6) is 0 Å². The molecule has 1 aromatic rings. The van der Waals surface area contributed by atoms with Crippen molar-refractivity contribution in [3.63, 3.8) is 0 Å². The summed E-state index contributed by atoms with van der Waals surface area (Å²) in [7, 11) is -4.70. The molecule has 0 radical (unpaired) electrons. The Balaban J connectivity index is 1.61. The van der Waals surface area contributed by atoms with E-state index in [9.17, 15) is 8.42 Å². The molecule has 4 rings (SSSR count). The van der Waals surface area contributed by atoms with Gasteiger partial charge in [0.1, 0.15) is 5.82 Å². The Morgan fingerprint density at radius 1 is 1.11 bits per heavy atom. The van der Waals surface area contributed by atoms with Crippen molar-refractivity contribution in [2.45, 2.75) is 65.1 Å². The summed E-state index contributed by atoms with van der Waals surface area (Å²) in [4.78, 5) is 0. The predicted octanol–water partition coefficient (Wildman–Crippen LogP) is 2.58. The van der Waals surface area contributed by atoms with Gasteiger partial charge in [0.15, 0.2) is 0 Å². The van der Waals surface area contributed by atoms with Gasteiger partial charge in [-0.25, -0.2) is 4.39 Å². The molecule has 6 nitrogen and oxygen atoms in total. The maximum atomic E-state index is 15.3. The summed E-state index contributed by atoms with van der Waals surface area (Å²) in [6, 6.07) is 3.15. The van der Waals surface area contributed by atoms with Crippen LogP contribution in [0.3, 0.4) is 0 Å². The molecule has 0 amide bonds. The fourth-order valence-corrected chi connectivity index (χ4v) is 5.23. The molecule has 154 valence electrons. The van der Waals surface area contributed by atoms with Gasteiger partial charge in [0, 0.05) is 18.6 Å². The summed E-state index contributed by atoms with van der Waals surface area (Å²) in [5.74, 6) is -0.659. The lowest BCUT2D eigenvalue weighted by Crippen LogP contribution is -2.41. The van der Waals surface area contributed by atoms with E-state index in [0.29, 0.717) is 13.1 Å². The molecule has 2 saturated heterocycles. The van der Waals surface area contributed by atoms with Crippen LogP contribution in [0.1, 0.15) is 52.5 Å². The Kier molecular flexibility index (Phi) is 4.44. The van der Waals surface area contributed by atoms with Crippen molar-refractivity contribution in [1.82, 2.24) is 4.31 Å². The van der Waals surface area contributed by atoms with Crippen LogP contribution in [-0.2, 0) is 19.5 Å². The van der Waals surface area contributed by atoms with Crippen LogP contribution in [0.2, 0.25) is 0 Å². The van der Waals surface area contributed by atoms with E-state index < -0.39 is 34.3 Å². The zero-order valence-electron chi connectivity index (χ0n) is 17.1. The van der Waals surface area contributed by atoms with Crippen LogP contribution in [-0.4, -0.2) is 44.1 Å². The van der Waals surface area contributed by atoms with E-state index in [1.54, 1.807) is 13.0 Å². The molecule has 0 atom stereocenters. The third kappa shape index (κ3) is 3.36. The topological polar surface area (TPSA) is 67.9 Å². The summed E-state index contributed by atoms with van der Waals surface area (Å²) < 4.78 is 56.7. The van der Waals surface area contributed by atoms with Gasteiger partial charge in [0.05, 0.1) is 16.9 Å². The van der Waals surface area contributed by atoms with Gasteiger partial charge in [0.2, 0.25) is 0 Å². The van der Waals surface area contributed by atoms with E-state index >= 15 is 4.39 Å². The van der Waals surface area contributed by atoms with Gasteiger partial charge in [-0.1, -0.05) is 6.07 Å². The maximum absolute atomic E-state index is 15.3. The Bertz CT molecular complexity index is 899. The van der Waals surface area contributed by atoms with E-state index in [0.717, 1.165) is 24.8 Å². The highest BCUT2D eigenvalue weighted by Crippen LogP contribution is 2.53. The smallest absolute Gasteiger partial charge is 0.399 e. The second-order valence-electron chi connectivity index (χ2n) is 9.49. The minimum Gasteiger partial charge on any atom is -0.399 e. The van der Waals surface area contributed by atoms with Gasteiger partial charge in [-0.3, -0.25) is 4.72 Å². The summed E-state index contributed by atoms with van der Waals surface area (Å²) in [5, 5.41) is 0. The molecule has 2 heterocycles. The second kappa shape index (κ2) is 6.17. The first-order chi connectivity index (χ1) is 12.8. The van der Waals surface area contributed by atoms with E-state index in [-0.39, 0.29) is 16.6 Å². The predicted molar refractivity (Wildman–Crippen MR) is 107 cm³/mol. The molecule has 9 heteroatoms. The second-order valence-corrected chi connectivity index (χ2v) is 11.2. The molecule has 1 saturated carbocycles. The lowest BCUT2D eigenvalue weighted by atomic mass is 9.77. The molecule has 2 aliphatic heterocycles. The number of anilines is 1. The van der Waals surface area contributed by atoms with Gasteiger partial charge >= 0.3 is 17.3 Å². The lowest BCUT2D eigenvalue weighted by Gasteiger charge is -2.32. The average Bonchev–Trinajstić information content (AvgIpc) is 3.09. The molecule has 0 unspecified atom stereocenters. The Morgan fingerprint density at radius 2 is 1.71 bits per heavy atom. The number of aryl methyl sites for hydroxylation is 1. The Morgan fingerprint density at radius 3 is 2.25 bits per heavy atom. The first-order valence-electron chi connectivity index (χ1n) is 9.78. The molecule has 3 aliphatic rings. The van der Waals surface area contributed by atoms with E-state index in [4.69, 9.17) is 9.31 Å². The van der Waals surface area contributed by atoms with Crippen LogP contribution in [0.15, 0.2) is 12.1 Å². The molecule has 1 aliphatic carbocycles. The monoisotopic (exact) mass is 410 g/mol. The number of rotatable bonds is 4. The van der Waals surface area contributed by atoms with Crippen LogP contribution in [0.4, 0.5) is 10.1 Å². The number of nitrogens with one attached hydrogen (secondary N) is 1. The summed E-state index contributed by atoms with van der Waals surface area (Å²) in [6.07, 6.45) is 3.02. The molecule has 0 aromatic heterocycles. The van der Waals surface area contributed by atoms with Crippen molar-refractivity contribution < 1.29 is 22.1 Å². The van der Waals surface area contributed by atoms with E-state index in [1.807, 2.05) is 27.7 Å². The molecule has 1 N–H and O–H groups in total. The third-order valence-corrected chi connectivity index (χ3v) is 8.16. The fourth-order valence-electron chi connectivity index (χ4n) is 3.90. The van der Waals surface area contributed by atoms with Crippen LogP contribution >= 0.6 is 0 Å². The van der Waals surface area contributed by atoms with Crippen molar-refractivity contribution in [2.24, 2.45) is 5.41 Å². The van der Waals surface area contributed by atoms with Gasteiger partial charge < -0.3 is 9.31 Å². The van der Waals surface area contributed by atoms with Gasteiger partial charge in [-0.2, -0.15) is 12.7 Å². The molecule has 0 bridgehead atoms. The zero-order chi connectivity index (χ0) is 20.5. The summed E-state index contributed by atoms with van der Waals surface area (Å²) >= 11 is 0. The van der Waals surface area contributed by atoms with Gasteiger partial charge in [-0.15, -0.1) is 0 Å². The number of halogens is 1. The van der Waals surface area contributed by atoms with Crippen molar-refractivity contribution >= 4 is 28.5 Å². The third-order valence-electron chi connectivity index (χ3n) is 6.69. The van der Waals surface area contributed by atoms with Crippen molar-refractivity contribution in [3.8, 4) is 0 Å². The Hall–Kier alpha value is -1.16. The SMILES string of the molecule is Cc1cc(NS(=O)(=O)N2CCC3(CC3)C2)c(F)c(B2OC(C)(C)C(C)(C)O2)c1. The molecule has 3 fully saturated rings. The molecule has 1 spiro atoms. The highest BCUT2D eigenvalue weighted by molar-refractivity contribution is 7.90. The van der Waals surface area contributed by atoms with Crippen molar-refractivity contribution in [1.29, 1.82) is 0 Å². The lowest BCUT2D eigenvalue weighted by molar-refractivity contribution is 0.00578. The standard InChI is InChI=1S/C19H28BFN2O4S/c1-13-10-14(20-26-17(2,3)18(4,5)27-20)16(21)15(11-13)22-28(24,25)23-9-8-19(12-23)6-7-19/h10-11,22H,6-9,12H2,1-5H3. The Labute approximate surface area is 167 Å². The average molecular weight is 410 g/mol. The molecule has 1 aromatic carbocycles. The summed E-state index contributed by atoms with van der Waals surface area (Å²) in [5.41, 5.74) is -0.196. The minimum absolute atomic E-state index is 0.0681. The van der Waals surface area contributed by atoms with Crippen LogP contribution < -0.4 is 10.2 Å². The minimum atomic E-state index is -3.81. The quantitative estimate of drug-likeness (QED) is 0.775. The van der Waals surface area contributed by atoms with Crippen LogP contribution in [0.25, 0.3) is 0 Å². The largest absolute Gasteiger partial charge is 0.497 e. The highest BCUT2D eigenvalue weighted by Gasteiger charge is 2.53. The molecular weight excluding hydrogens is 382 g/mol. The normalized spacial score (nSPS) is 25.4. The first kappa shape index (κ1) is 20.1. The number of nitrogens with zero attached hydrogens (tertiary/aromatic N) is 1. The molecule has 28 heavy (non-hydrogen) atoms. The zero-order valence-corrected chi connectivity index (χ0v) is 18.0.